The number of Topliss-reactive ketones (excluding diaryl/α,β-unsaturated/α-hetero) is 1. The maximum atomic E-state index is 13.7. The summed E-state index contributed by atoms with van der Waals surface area (Å²) in [7, 11) is 0. The molecule has 1 aromatic carbocycles. The summed E-state index contributed by atoms with van der Waals surface area (Å²) in [5, 5.41) is 10.0. The molecule has 1 fully saturated rings. The van der Waals surface area contributed by atoms with E-state index in [1.54, 1.807) is 30.3 Å². The Morgan fingerprint density at radius 2 is 1.93 bits per heavy atom. The van der Waals surface area contributed by atoms with Gasteiger partial charge >= 0.3 is 0 Å². The van der Waals surface area contributed by atoms with Gasteiger partial charge in [-0.3, -0.25) is 14.4 Å². The van der Waals surface area contributed by atoms with E-state index >= 15 is 0 Å². The summed E-state index contributed by atoms with van der Waals surface area (Å²) < 4.78 is 27.3. The topological polar surface area (TPSA) is 94.0 Å². The number of amides is 1. The van der Waals surface area contributed by atoms with Crippen molar-refractivity contribution in [3.05, 3.63) is 46.4 Å². The van der Waals surface area contributed by atoms with Crippen LogP contribution < -0.4 is 5.56 Å². The smallest absolute Gasteiger partial charge is 0.268 e. The van der Waals surface area contributed by atoms with Gasteiger partial charge in [-0.2, -0.15) is 5.26 Å². The van der Waals surface area contributed by atoms with Crippen LogP contribution in [0.25, 0.3) is 10.8 Å². The highest BCUT2D eigenvalue weighted by molar-refractivity contribution is 6.08. The van der Waals surface area contributed by atoms with E-state index in [2.05, 4.69) is 4.98 Å². The van der Waals surface area contributed by atoms with Crippen molar-refractivity contribution >= 4 is 22.5 Å². The summed E-state index contributed by atoms with van der Waals surface area (Å²) in [5.74, 6) is -4.18. The first-order valence-corrected chi connectivity index (χ1v) is 8.40. The molecule has 1 N–H and O–H groups in total. The van der Waals surface area contributed by atoms with Gasteiger partial charge in [0.15, 0.2) is 5.78 Å². The molecule has 2 aromatic rings. The second kappa shape index (κ2) is 6.58. The number of pyridine rings is 1. The van der Waals surface area contributed by atoms with Crippen molar-refractivity contribution < 1.29 is 18.4 Å². The normalized spacial score (nSPS) is 21.2. The minimum absolute atomic E-state index is 0.210. The summed E-state index contributed by atoms with van der Waals surface area (Å²) in [4.78, 5) is 40.1. The number of hydrogen-bond donors (Lipinski definition) is 1. The molecular weight excluding hydrogens is 356 g/mol. The molecule has 27 heavy (non-hydrogen) atoms. The average molecular weight is 373 g/mol. The number of nitrogens with zero attached hydrogens (tertiary/aromatic N) is 2. The number of ketones is 1. The van der Waals surface area contributed by atoms with E-state index in [4.69, 9.17) is 0 Å². The molecule has 0 saturated carbocycles. The number of benzene rings is 1. The molecule has 0 aliphatic carbocycles. The lowest BCUT2D eigenvalue weighted by atomic mass is 9.98. The number of rotatable bonds is 4. The Kier molecular flexibility index (Phi) is 4.56. The molecule has 1 unspecified atom stereocenters. The van der Waals surface area contributed by atoms with Crippen molar-refractivity contribution in [3.63, 3.8) is 0 Å². The monoisotopic (exact) mass is 373 g/mol. The van der Waals surface area contributed by atoms with E-state index in [9.17, 15) is 28.4 Å². The minimum atomic E-state index is -3.13. The number of nitrogens with one attached hydrogen (secondary N) is 1. The highest BCUT2D eigenvalue weighted by Gasteiger charge is 2.54. The van der Waals surface area contributed by atoms with Crippen LogP contribution in [0.5, 0.6) is 0 Å². The van der Waals surface area contributed by atoms with Gasteiger partial charge in [0.25, 0.3) is 11.5 Å². The second-order valence-corrected chi connectivity index (χ2v) is 6.90. The second-order valence-electron chi connectivity index (χ2n) is 6.90. The van der Waals surface area contributed by atoms with Crippen molar-refractivity contribution in [1.29, 1.82) is 5.26 Å². The van der Waals surface area contributed by atoms with Crippen LogP contribution in [0.2, 0.25) is 0 Å². The largest absolute Gasteiger partial charge is 0.328 e. The van der Waals surface area contributed by atoms with Crippen LogP contribution >= 0.6 is 0 Å². The zero-order valence-corrected chi connectivity index (χ0v) is 14.6. The molecule has 2 heterocycles. The number of aromatic nitrogens is 1. The Bertz CT molecular complexity index is 1020. The molecule has 1 atom stereocenters. The quantitative estimate of drug-likeness (QED) is 0.834. The highest BCUT2D eigenvalue weighted by atomic mass is 19.3. The number of likely N-dealkylation sites (tertiary alicyclic amines) is 1. The lowest BCUT2D eigenvalue weighted by molar-refractivity contribution is -0.134. The standard InChI is InChI=1S/C19H17F2N3O3/c1-18(10-22)9-19(20,21)11-24(18)16(26)7-6-15(25)14-8-23-17(27)13-5-3-2-4-12(13)14/h2-5,8H,6-7,9,11H2,1H3,(H,23,27). The van der Waals surface area contributed by atoms with Gasteiger partial charge in [0.1, 0.15) is 5.54 Å². The first-order valence-electron chi connectivity index (χ1n) is 8.40. The fourth-order valence-electron chi connectivity index (χ4n) is 3.45. The molecule has 3 rings (SSSR count). The van der Waals surface area contributed by atoms with Crippen molar-refractivity contribution in [2.24, 2.45) is 0 Å². The predicted octanol–water partition coefficient (Wildman–Crippen LogP) is 2.64. The Hall–Kier alpha value is -3.08. The number of carbonyl (C=O) groups excluding carboxylic acids is 2. The number of hydrogen-bond acceptors (Lipinski definition) is 4. The van der Waals surface area contributed by atoms with Crippen LogP contribution in [0.4, 0.5) is 8.78 Å². The minimum Gasteiger partial charge on any atom is -0.328 e. The third-order valence-corrected chi connectivity index (χ3v) is 4.81. The predicted molar refractivity (Wildman–Crippen MR) is 93.4 cm³/mol. The average Bonchev–Trinajstić information content (AvgIpc) is 2.90. The van der Waals surface area contributed by atoms with Crippen LogP contribution in [0.1, 0.15) is 36.5 Å². The summed E-state index contributed by atoms with van der Waals surface area (Å²) in [5.41, 5.74) is -1.66. The number of fused-ring (bicyclic) bond motifs is 1. The van der Waals surface area contributed by atoms with E-state index in [1.807, 2.05) is 0 Å². The van der Waals surface area contributed by atoms with Gasteiger partial charge in [0.2, 0.25) is 5.91 Å². The fourth-order valence-corrected chi connectivity index (χ4v) is 3.45. The van der Waals surface area contributed by atoms with Crippen molar-refractivity contribution in [2.75, 3.05) is 6.54 Å². The number of carbonyl (C=O) groups is 2. The van der Waals surface area contributed by atoms with Crippen LogP contribution in [0.15, 0.2) is 35.3 Å². The zero-order chi connectivity index (χ0) is 19.8. The summed E-state index contributed by atoms with van der Waals surface area (Å²) in [6.07, 6.45) is 0.0692. The highest BCUT2D eigenvalue weighted by Crippen LogP contribution is 2.39. The van der Waals surface area contributed by atoms with E-state index in [0.29, 0.717) is 10.8 Å². The number of nitriles is 1. The van der Waals surface area contributed by atoms with Gasteiger partial charge in [0.05, 0.1) is 12.6 Å². The Morgan fingerprint density at radius 3 is 2.59 bits per heavy atom. The molecule has 0 radical (unpaired) electrons. The number of H-pyrrole nitrogens is 1. The van der Waals surface area contributed by atoms with Crippen LogP contribution in [0.3, 0.4) is 0 Å². The van der Waals surface area contributed by atoms with Crippen LogP contribution in [-0.4, -0.2) is 39.6 Å². The molecule has 6 nitrogen and oxygen atoms in total. The lowest BCUT2D eigenvalue weighted by Crippen LogP contribution is -2.44. The zero-order valence-electron chi connectivity index (χ0n) is 14.6. The number of alkyl halides is 2. The van der Waals surface area contributed by atoms with E-state index in [-0.39, 0.29) is 29.7 Å². The SMILES string of the molecule is CC1(C#N)CC(F)(F)CN1C(=O)CCC(=O)c1c[nH]c(=O)c2ccccc12. The Balaban J connectivity index is 1.77. The summed E-state index contributed by atoms with van der Waals surface area (Å²) >= 11 is 0. The molecule has 8 heteroatoms. The van der Waals surface area contributed by atoms with Gasteiger partial charge in [-0.15, -0.1) is 0 Å². The Morgan fingerprint density at radius 1 is 1.26 bits per heavy atom. The molecule has 1 aromatic heterocycles. The van der Waals surface area contributed by atoms with E-state index in [1.165, 1.54) is 13.1 Å². The van der Waals surface area contributed by atoms with Crippen molar-refractivity contribution in [2.45, 2.75) is 37.6 Å². The molecular formula is C19H17F2N3O3. The third kappa shape index (κ3) is 3.45. The molecule has 0 spiro atoms. The van der Waals surface area contributed by atoms with Crippen molar-refractivity contribution in [1.82, 2.24) is 9.88 Å². The number of halogens is 2. The van der Waals surface area contributed by atoms with Crippen LogP contribution in [-0.2, 0) is 4.79 Å². The van der Waals surface area contributed by atoms with Gasteiger partial charge in [-0.05, 0) is 18.4 Å². The van der Waals surface area contributed by atoms with E-state index in [0.717, 1.165) is 4.90 Å². The van der Waals surface area contributed by atoms with Gasteiger partial charge in [0, 0.05) is 36.4 Å². The summed E-state index contributed by atoms with van der Waals surface area (Å²) in [6.45, 7) is 0.467. The first kappa shape index (κ1) is 18.7. The molecule has 1 aliphatic heterocycles. The van der Waals surface area contributed by atoms with Crippen molar-refractivity contribution in [3.8, 4) is 6.07 Å². The van der Waals surface area contributed by atoms with E-state index < -0.39 is 30.3 Å². The molecule has 1 saturated heterocycles. The maximum Gasteiger partial charge on any atom is 0.268 e. The first-order chi connectivity index (χ1) is 12.7. The number of aromatic amines is 1. The molecule has 1 aliphatic rings. The summed E-state index contributed by atoms with van der Waals surface area (Å²) in [6, 6.07) is 8.35. The molecule has 0 bridgehead atoms. The van der Waals surface area contributed by atoms with Gasteiger partial charge < -0.3 is 9.88 Å². The van der Waals surface area contributed by atoms with Gasteiger partial charge in [-0.25, -0.2) is 8.78 Å². The maximum absolute atomic E-state index is 13.7. The molecule has 140 valence electrons. The Labute approximate surface area is 153 Å². The fraction of sp³-hybridized carbons (Fsp3) is 0.368. The lowest BCUT2D eigenvalue weighted by Gasteiger charge is -2.27. The van der Waals surface area contributed by atoms with Crippen LogP contribution in [0, 0.1) is 11.3 Å². The molecule has 1 amide bonds. The third-order valence-electron chi connectivity index (χ3n) is 4.81. The van der Waals surface area contributed by atoms with Gasteiger partial charge in [-0.1, -0.05) is 18.2 Å².